The van der Waals surface area contributed by atoms with Gasteiger partial charge in [-0.1, -0.05) is 66.4 Å². The largest absolute Gasteiger partial charge is 0.389 e. The highest BCUT2D eigenvalue weighted by molar-refractivity contribution is 9.10. The van der Waals surface area contributed by atoms with Gasteiger partial charge in [0.25, 0.3) is 0 Å². The highest BCUT2D eigenvalue weighted by atomic mass is 79.9. The van der Waals surface area contributed by atoms with E-state index in [4.69, 9.17) is 0 Å². The van der Waals surface area contributed by atoms with Crippen molar-refractivity contribution in [2.24, 2.45) is 0 Å². The van der Waals surface area contributed by atoms with Crippen LogP contribution in [0.5, 0.6) is 0 Å². The molecule has 1 atom stereocenters. The molecule has 16 heavy (non-hydrogen) atoms. The molecule has 88 valence electrons. The van der Waals surface area contributed by atoms with E-state index in [1.807, 2.05) is 36.4 Å². The van der Waals surface area contributed by atoms with E-state index < -0.39 is 0 Å². The molecular weight excluding hydrogens is 264 g/mol. The first-order chi connectivity index (χ1) is 7.72. The standard InChI is InChI=1S/C14H19BrO/c1-2-3-4-8-14(16)10-9-12-6-5-7-13(15)11-12/h5-7,9-11,14,16H,2-4,8H2,1H3/b10-9+. The molecule has 0 spiro atoms. The number of unbranched alkanes of at least 4 members (excludes halogenated alkanes) is 2. The van der Waals surface area contributed by atoms with Gasteiger partial charge >= 0.3 is 0 Å². The highest BCUT2D eigenvalue weighted by Gasteiger charge is 1.98. The molecule has 1 nitrogen and oxygen atoms in total. The molecule has 1 aromatic rings. The molecule has 0 aliphatic heterocycles. The average molecular weight is 283 g/mol. The number of hydrogen-bond acceptors (Lipinski definition) is 1. The molecule has 2 heteroatoms. The molecule has 1 N–H and O–H groups in total. The Morgan fingerprint density at radius 1 is 1.38 bits per heavy atom. The minimum absolute atomic E-state index is 0.314. The van der Waals surface area contributed by atoms with Crippen LogP contribution in [0.3, 0.4) is 0 Å². The van der Waals surface area contributed by atoms with E-state index in [1.165, 1.54) is 12.8 Å². The minimum Gasteiger partial charge on any atom is -0.389 e. The van der Waals surface area contributed by atoms with Crippen LogP contribution in [0.4, 0.5) is 0 Å². The second-order valence-electron chi connectivity index (χ2n) is 3.98. The van der Waals surface area contributed by atoms with Gasteiger partial charge in [-0.05, 0) is 24.1 Å². The zero-order valence-electron chi connectivity index (χ0n) is 9.70. The van der Waals surface area contributed by atoms with Gasteiger partial charge in [-0.25, -0.2) is 0 Å². The molecule has 0 aliphatic rings. The third kappa shape index (κ3) is 5.47. The quantitative estimate of drug-likeness (QED) is 0.767. The van der Waals surface area contributed by atoms with Crippen LogP contribution in [0.1, 0.15) is 38.2 Å². The zero-order valence-corrected chi connectivity index (χ0v) is 11.3. The summed E-state index contributed by atoms with van der Waals surface area (Å²) < 4.78 is 1.06. The van der Waals surface area contributed by atoms with Crippen LogP contribution < -0.4 is 0 Å². The topological polar surface area (TPSA) is 20.2 Å². The third-order valence-corrected chi connectivity index (χ3v) is 2.96. The molecule has 1 aromatic carbocycles. The molecule has 1 unspecified atom stereocenters. The molecule has 0 fully saturated rings. The first-order valence-electron chi connectivity index (χ1n) is 5.84. The predicted octanol–water partition coefficient (Wildman–Crippen LogP) is 4.40. The van der Waals surface area contributed by atoms with Crippen molar-refractivity contribution < 1.29 is 5.11 Å². The maximum absolute atomic E-state index is 9.71. The summed E-state index contributed by atoms with van der Waals surface area (Å²) in [5.41, 5.74) is 1.11. The summed E-state index contributed by atoms with van der Waals surface area (Å²) in [5, 5.41) is 9.71. The van der Waals surface area contributed by atoms with Crippen LogP contribution in [0.2, 0.25) is 0 Å². The lowest BCUT2D eigenvalue weighted by Crippen LogP contribution is -2.00. The van der Waals surface area contributed by atoms with Crippen LogP contribution in [0.25, 0.3) is 6.08 Å². The molecule has 0 radical (unpaired) electrons. The molecule has 0 aromatic heterocycles. The van der Waals surface area contributed by atoms with Crippen molar-refractivity contribution in [1.29, 1.82) is 0 Å². The first-order valence-corrected chi connectivity index (χ1v) is 6.63. The Hall–Kier alpha value is -0.600. The fourth-order valence-electron chi connectivity index (χ4n) is 1.53. The Morgan fingerprint density at radius 3 is 2.88 bits per heavy atom. The number of hydrogen-bond donors (Lipinski definition) is 1. The van der Waals surface area contributed by atoms with Crippen molar-refractivity contribution in [2.75, 3.05) is 0 Å². The summed E-state index contributed by atoms with van der Waals surface area (Å²) in [5.74, 6) is 0. The van der Waals surface area contributed by atoms with Gasteiger partial charge in [-0.3, -0.25) is 0 Å². The lowest BCUT2D eigenvalue weighted by molar-refractivity contribution is 0.209. The smallest absolute Gasteiger partial charge is 0.0724 e. The van der Waals surface area contributed by atoms with E-state index in [-0.39, 0.29) is 6.10 Å². The predicted molar refractivity (Wildman–Crippen MR) is 73.3 cm³/mol. The van der Waals surface area contributed by atoms with Gasteiger partial charge in [0.15, 0.2) is 0 Å². The second-order valence-corrected chi connectivity index (χ2v) is 4.89. The minimum atomic E-state index is -0.314. The van der Waals surface area contributed by atoms with Gasteiger partial charge in [0, 0.05) is 4.47 Å². The van der Waals surface area contributed by atoms with Gasteiger partial charge in [0.05, 0.1) is 6.10 Å². The molecule has 0 saturated heterocycles. The summed E-state index contributed by atoms with van der Waals surface area (Å²) in [6.07, 6.45) is 7.88. The maximum Gasteiger partial charge on any atom is 0.0724 e. The van der Waals surface area contributed by atoms with Crippen LogP contribution in [-0.2, 0) is 0 Å². The molecule has 0 saturated carbocycles. The zero-order chi connectivity index (χ0) is 11.8. The number of aliphatic hydroxyl groups excluding tert-OH is 1. The first kappa shape index (κ1) is 13.5. The van der Waals surface area contributed by atoms with Crippen molar-refractivity contribution in [3.8, 4) is 0 Å². The van der Waals surface area contributed by atoms with E-state index in [9.17, 15) is 5.11 Å². The Labute approximate surface area is 106 Å². The van der Waals surface area contributed by atoms with Crippen LogP contribution in [-0.4, -0.2) is 11.2 Å². The van der Waals surface area contributed by atoms with Crippen molar-refractivity contribution in [1.82, 2.24) is 0 Å². The van der Waals surface area contributed by atoms with Gasteiger partial charge in [0.2, 0.25) is 0 Å². The van der Waals surface area contributed by atoms with Crippen LogP contribution in [0, 0.1) is 0 Å². The Bertz CT molecular complexity index is 333. The summed E-state index contributed by atoms with van der Waals surface area (Å²) in [6, 6.07) is 8.05. The fraction of sp³-hybridized carbons (Fsp3) is 0.429. The second kappa shape index (κ2) is 7.64. The lowest BCUT2D eigenvalue weighted by Gasteiger charge is -2.04. The van der Waals surface area contributed by atoms with Crippen molar-refractivity contribution in [3.05, 3.63) is 40.4 Å². The number of aliphatic hydroxyl groups is 1. The molecule has 0 aliphatic carbocycles. The molecule has 0 heterocycles. The van der Waals surface area contributed by atoms with E-state index in [0.29, 0.717) is 0 Å². The van der Waals surface area contributed by atoms with Gasteiger partial charge in [0.1, 0.15) is 0 Å². The van der Waals surface area contributed by atoms with E-state index in [0.717, 1.165) is 22.9 Å². The highest BCUT2D eigenvalue weighted by Crippen LogP contribution is 2.13. The van der Waals surface area contributed by atoms with Crippen molar-refractivity contribution >= 4 is 22.0 Å². The number of halogens is 1. The number of rotatable bonds is 6. The van der Waals surface area contributed by atoms with Crippen molar-refractivity contribution in [3.63, 3.8) is 0 Å². The third-order valence-electron chi connectivity index (χ3n) is 2.46. The summed E-state index contributed by atoms with van der Waals surface area (Å²) in [7, 11) is 0. The van der Waals surface area contributed by atoms with E-state index in [2.05, 4.69) is 22.9 Å². The van der Waals surface area contributed by atoms with Crippen molar-refractivity contribution in [2.45, 2.75) is 38.7 Å². The number of benzene rings is 1. The normalized spacial score (nSPS) is 13.2. The Kier molecular flexibility index (Phi) is 6.43. The van der Waals surface area contributed by atoms with Gasteiger partial charge < -0.3 is 5.11 Å². The van der Waals surface area contributed by atoms with Crippen LogP contribution >= 0.6 is 15.9 Å². The van der Waals surface area contributed by atoms with E-state index in [1.54, 1.807) is 0 Å². The SMILES string of the molecule is CCCCCC(O)/C=C/c1cccc(Br)c1. The Balaban J connectivity index is 2.40. The van der Waals surface area contributed by atoms with Crippen LogP contribution in [0.15, 0.2) is 34.8 Å². The summed E-state index contributed by atoms with van der Waals surface area (Å²) in [6.45, 7) is 2.17. The molecule has 0 bridgehead atoms. The molecule has 0 amide bonds. The monoisotopic (exact) mass is 282 g/mol. The lowest BCUT2D eigenvalue weighted by atomic mass is 10.1. The summed E-state index contributed by atoms with van der Waals surface area (Å²) in [4.78, 5) is 0. The molecular formula is C14H19BrO. The summed E-state index contributed by atoms with van der Waals surface area (Å²) >= 11 is 3.42. The Morgan fingerprint density at radius 2 is 2.19 bits per heavy atom. The maximum atomic E-state index is 9.71. The van der Waals surface area contributed by atoms with E-state index >= 15 is 0 Å². The van der Waals surface area contributed by atoms with Gasteiger partial charge in [-0.2, -0.15) is 0 Å². The average Bonchev–Trinajstić information content (AvgIpc) is 2.27. The molecule has 1 rings (SSSR count). The van der Waals surface area contributed by atoms with Gasteiger partial charge in [-0.15, -0.1) is 0 Å². The fourth-order valence-corrected chi connectivity index (χ4v) is 1.95.